The molecule has 2 amide bonds. The molecule has 0 radical (unpaired) electrons. The van der Waals surface area contributed by atoms with Gasteiger partial charge < -0.3 is 19.8 Å². The van der Waals surface area contributed by atoms with Crippen LogP contribution in [-0.4, -0.2) is 31.0 Å². The lowest BCUT2D eigenvalue weighted by Gasteiger charge is -2.21. The van der Waals surface area contributed by atoms with Crippen molar-refractivity contribution in [3.63, 3.8) is 0 Å². The van der Waals surface area contributed by atoms with Gasteiger partial charge in [0.05, 0.1) is 12.8 Å². The lowest BCUT2D eigenvalue weighted by atomic mass is 9.87. The van der Waals surface area contributed by atoms with Gasteiger partial charge in [-0.25, -0.2) is 0 Å². The molecule has 1 aromatic heterocycles. The summed E-state index contributed by atoms with van der Waals surface area (Å²) in [5, 5.41) is 5.52. The van der Waals surface area contributed by atoms with E-state index in [0.717, 1.165) is 5.75 Å². The van der Waals surface area contributed by atoms with Gasteiger partial charge in [0.15, 0.2) is 5.76 Å². The third kappa shape index (κ3) is 6.15. The minimum atomic E-state index is -0.649. The zero-order valence-electron chi connectivity index (χ0n) is 17.2. The molecule has 0 aliphatic heterocycles. The Morgan fingerprint density at radius 2 is 1.79 bits per heavy atom. The standard InChI is InChI=1S/C22H30N2O4/c1-15(2)19(24-20(25)18-7-6-13-28-18)21(26)23-12-14-27-17-10-8-16(9-11-17)22(3,4)5/h6-11,13,15,19H,12,14H2,1-5H3,(H,23,26)(H,24,25)/t19-/m1/s1. The third-order valence-electron chi connectivity index (χ3n) is 4.37. The maximum atomic E-state index is 12.4. The number of hydrogen-bond donors (Lipinski definition) is 2. The maximum Gasteiger partial charge on any atom is 0.287 e. The normalized spacial score (nSPS) is 12.5. The SMILES string of the molecule is CC(C)[C@@H](NC(=O)c1ccco1)C(=O)NCCOc1ccc(C(C)(C)C)cc1. The van der Waals surface area contributed by atoms with E-state index in [1.54, 1.807) is 12.1 Å². The summed E-state index contributed by atoms with van der Waals surface area (Å²) in [4.78, 5) is 24.6. The van der Waals surface area contributed by atoms with Crippen LogP contribution in [0.1, 0.15) is 50.7 Å². The summed E-state index contributed by atoms with van der Waals surface area (Å²) in [6.07, 6.45) is 1.42. The van der Waals surface area contributed by atoms with Crippen LogP contribution < -0.4 is 15.4 Å². The molecule has 2 rings (SSSR count). The van der Waals surface area contributed by atoms with Gasteiger partial charge in [-0.2, -0.15) is 0 Å². The lowest BCUT2D eigenvalue weighted by molar-refractivity contribution is -0.124. The van der Waals surface area contributed by atoms with Crippen molar-refractivity contribution in [1.82, 2.24) is 10.6 Å². The van der Waals surface area contributed by atoms with Crippen LogP contribution in [0.4, 0.5) is 0 Å². The number of carbonyl (C=O) groups excluding carboxylic acids is 2. The fraction of sp³-hybridized carbons (Fsp3) is 0.455. The van der Waals surface area contributed by atoms with Crippen molar-refractivity contribution in [2.75, 3.05) is 13.2 Å². The van der Waals surface area contributed by atoms with Crippen LogP contribution in [0.3, 0.4) is 0 Å². The second-order valence-corrected chi connectivity index (χ2v) is 8.09. The minimum absolute atomic E-state index is 0.0650. The molecule has 0 aliphatic rings. The smallest absolute Gasteiger partial charge is 0.287 e. The third-order valence-corrected chi connectivity index (χ3v) is 4.37. The van der Waals surface area contributed by atoms with E-state index in [0.29, 0.717) is 13.2 Å². The monoisotopic (exact) mass is 386 g/mol. The van der Waals surface area contributed by atoms with Crippen LogP contribution in [-0.2, 0) is 10.2 Å². The number of ether oxygens (including phenoxy) is 1. The molecule has 2 aromatic rings. The Morgan fingerprint density at radius 1 is 1.11 bits per heavy atom. The van der Waals surface area contributed by atoms with Crippen LogP contribution in [0.15, 0.2) is 47.1 Å². The molecule has 0 bridgehead atoms. The number of carbonyl (C=O) groups is 2. The predicted molar refractivity (Wildman–Crippen MR) is 108 cm³/mol. The number of furan rings is 1. The van der Waals surface area contributed by atoms with Crippen LogP contribution in [0.5, 0.6) is 5.75 Å². The highest BCUT2D eigenvalue weighted by atomic mass is 16.5. The van der Waals surface area contributed by atoms with Crippen LogP contribution in [0, 0.1) is 5.92 Å². The van der Waals surface area contributed by atoms with E-state index in [1.165, 1.54) is 11.8 Å². The molecule has 6 nitrogen and oxygen atoms in total. The summed E-state index contributed by atoms with van der Waals surface area (Å²) in [6.45, 7) is 10.9. The second-order valence-electron chi connectivity index (χ2n) is 8.09. The van der Waals surface area contributed by atoms with E-state index in [4.69, 9.17) is 9.15 Å². The molecule has 1 atom stereocenters. The Hall–Kier alpha value is -2.76. The van der Waals surface area contributed by atoms with Gasteiger partial charge in [-0.05, 0) is 41.2 Å². The Bertz CT molecular complexity index is 759. The average Bonchev–Trinajstić information content (AvgIpc) is 3.17. The second kappa shape index (κ2) is 9.44. The predicted octanol–water partition coefficient (Wildman–Crippen LogP) is 3.53. The van der Waals surface area contributed by atoms with E-state index in [2.05, 4.69) is 31.4 Å². The number of benzene rings is 1. The van der Waals surface area contributed by atoms with E-state index < -0.39 is 11.9 Å². The number of nitrogens with one attached hydrogen (secondary N) is 2. The molecule has 0 spiro atoms. The first-order chi connectivity index (χ1) is 13.2. The van der Waals surface area contributed by atoms with Crippen molar-refractivity contribution in [2.45, 2.75) is 46.1 Å². The Labute approximate surface area is 166 Å². The minimum Gasteiger partial charge on any atom is -0.492 e. The fourth-order valence-electron chi connectivity index (χ4n) is 2.66. The molecule has 1 heterocycles. The van der Waals surface area contributed by atoms with Gasteiger partial charge in [-0.1, -0.05) is 46.8 Å². The van der Waals surface area contributed by atoms with Crippen molar-refractivity contribution < 1.29 is 18.7 Å². The molecule has 0 saturated heterocycles. The van der Waals surface area contributed by atoms with Gasteiger partial charge >= 0.3 is 0 Å². The lowest BCUT2D eigenvalue weighted by Crippen LogP contribution is -2.50. The quantitative estimate of drug-likeness (QED) is 0.680. The van der Waals surface area contributed by atoms with Crippen molar-refractivity contribution in [3.8, 4) is 5.75 Å². The van der Waals surface area contributed by atoms with E-state index in [1.807, 2.05) is 38.1 Å². The van der Waals surface area contributed by atoms with Crippen molar-refractivity contribution in [2.24, 2.45) is 5.92 Å². The summed E-state index contributed by atoms with van der Waals surface area (Å²) < 4.78 is 10.8. The van der Waals surface area contributed by atoms with Crippen molar-refractivity contribution >= 4 is 11.8 Å². The Kier molecular flexibility index (Phi) is 7.26. The molecule has 1 aromatic carbocycles. The Balaban J connectivity index is 1.80. The number of rotatable bonds is 8. The van der Waals surface area contributed by atoms with E-state index in [-0.39, 0.29) is 23.0 Å². The highest BCUT2D eigenvalue weighted by Gasteiger charge is 2.25. The molecular weight excluding hydrogens is 356 g/mol. The highest BCUT2D eigenvalue weighted by molar-refractivity contribution is 5.95. The van der Waals surface area contributed by atoms with E-state index >= 15 is 0 Å². The van der Waals surface area contributed by atoms with Gasteiger partial charge in [-0.3, -0.25) is 9.59 Å². The first-order valence-corrected chi connectivity index (χ1v) is 9.54. The molecule has 152 valence electrons. The highest BCUT2D eigenvalue weighted by Crippen LogP contribution is 2.24. The first-order valence-electron chi connectivity index (χ1n) is 9.54. The topological polar surface area (TPSA) is 80.6 Å². The van der Waals surface area contributed by atoms with Gasteiger partial charge in [0.25, 0.3) is 5.91 Å². The molecule has 2 N–H and O–H groups in total. The average molecular weight is 386 g/mol. The summed E-state index contributed by atoms with van der Waals surface area (Å²) in [5.74, 6) is 0.217. The number of hydrogen-bond acceptors (Lipinski definition) is 4. The van der Waals surface area contributed by atoms with Crippen LogP contribution in [0.25, 0.3) is 0 Å². The molecule has 28 heavy (non-hydrogen) atoms. The van der Waals surface area contributed by atoms with Crippen molar-refractivity contribution in [3.05, 3.63) is 54.0 Å². The van der Waals surface area contributed by atoms with Gasteiger partial charge in [0.1, 0.15) is 18.4 Å². The van der Waals surface area contributed by atoms with Crippen molar-refractivity contribution in [1.29, 1.82) is 0 Å². The zero-order chi connectivity index (χ0) is 20.7. The summed E-state index contributed by atoms with van der Waals surface area (Å²) in [5.41, 5.74) is 1.33. The number of amides is 2. The van der Waals surface area contributed by atoms with Gasteiger partial charge in [-0.15, -0.1) is 0 Å². The van der Waals surface area contributed by atoms with Crippen LogP contribution in [0.2, 0.25) is 0 Å². The first kappa shape index (κ1) is 21.5. The van der Waals surface area contributed by atoms with Gasteiger partial charge in [0, 0.05) is 0 Å². The molecule has 0 saturated carbocycles. The molecule has 6 heteroatoms. The molecule has 0 fully saturated rings. The molecule has 0 unspecified atom stereocenters. The summed E-state index contributed by atoms with van der Waals surface area (Å²) >= 11 is 0. The maximum absolute atomic E-state index is 12.4. The van der Waals surface area contributed by atoms with Gasteiger partial charge in [0.2, 0.25) is 5.91 Å². The largest absolute Gasteiger partial charge is 0.492 e. The Morgan fingerprint density at radius 3 is 2.32 bits per heavy atom. The molecule has 0 aliphatic carbocycles. The fourth-order valence-corrected chi connectivity index (χ4v) is 2.66. The van der Waals surface area contributed by atoms with E-state index in [9.17, 15) is 9.59 Å². The zero-order valence-corrected chi connectivity index (χ0v) is 17.2. The summed E-state index contributed by atoms with van der Waals surface area (Å²) in [6, 6.07) is 10.5. The molecular formula is C22H30N2O4. The summed E-state index contributed by atoms with van der Waals surface area (Å²) in [7, 11) is 0. The van der Waals surface area contributed by atoms with Crippen LogP contribution >= 0.6 is 0 Å².